The Morgan fingerprint density at radius 3 is 2.66 bits per heavy atom. The van der Waals surface area contributed by atoms with E-state index in [1.54, 1.807) is 0 Å². The third-order valence-corrected chi connectivity index (χ3v) is 6.67. The first-order valence-corrected chi connectivity index (χ1v) is 10.7. The Morgan fingerprint density at radius 1 is 1.19 bits per heavy atom. The lowest BCUT2D eigenvalue weighted by Gasteiger charge is -2.45. The monoisotopic (exact) mass is 446 g/mol. The Kier molecular flexibility index (Phi) is 6.26. The molecule has 0 radical (unpaired) electrons. The van der Waals surface area contributed by atoms with Gasteiger partial charge in [-0.25, -0.2) is 13.7 Å². The molecule has 6 atom stereocenters. The smallest absolute Gasteiger partial charge is 0.238 e. The second-order valence-corrected chi connectivity index (χ2v) is 8.49. The molecule has 0 bridgehead atoms. The molecule has 7 nitrogen and oxygen atoms in total. The molecule has 0 spiro atoms. The van der Waals surface area contributed by atoms with Crippen LogP contribution in [0.5, 0.6) is 0 Å². The number of rotatable bonds is 5. The molecular formula is C23H24F2N2O5. The van der Waals surface area contributed by atoms with E-state index in [9.17, 15) is 28.6 Å². The van der Waals surface area contributed by atoms with Crippen LogP contribution in [-0.4, -0.2) is 46.6 Å². The van der Waals surface area contributed by atoms with Gasteiger partial charge >= 0.3 is 0 Å². The van der Waals surface area contributed by atoms with Crippen molar-refractivity contribution in [2.24, 2.45) is 28.8 Å². The maximum absolute atomic E-state index is 14.4. The van der Waals surface area contributed by atoms with E-state index in [0.717, 1.165) is 17.0 Å². The molecule has 2 saturated carbocycles. The predicted molar refractivity (Wildman–Crippen MR) is 110 cm³/mol. The standard InChI is InChI=1S/C23H24F2N2O5/c1-2-3-4-9-32-26-16-11-18(28)21(29)19-13(16)6-7-14-20(19)23(31)27(22(14)30)17-8-5-12(24)10-15(17)25/h1,5,8,10,13-14,18-21,28-29H,3-4,6-7,9,11H2/b26-16+/t13-,14+,18+,19-,20+,21+/m0/s1. The molecule has 2 N–H and O–H groups in total. The first kappa shape index (κ1) is 22.4. The van der Waals surface area contributed by atoms with Gasteiger partial charge in [0.1, 0.15) is 18.2 Å². The number of oxime groups is 1. The van der Waals surface area contributed by atoms with Gasteiger partial charge in [0.15, 0.2) is 0 Å². The number of aliphatic hydroxyl groups is 2. The number of carbonyl (C=O) groups excluding carboxylic acids is 2. The molecule has 1 saturated heterocycles. The van der Waals surface area contributed by atoms with Crippen molar-refractivity contribution in [3.05, 3.63) is 29.8 Å². The molecule has 9 heteroatoms. The first-order chi connectivity index (χ1) is 15.3. The van der Waals surface area contributed by atoms with E-state index in [1.165, 1.54) is 0 Å². The second-order valence-electron chi connectivity index (χ2n) is 8.49. The van der Waals surface area contributed by atoms with Crippen LogP contribution in [0, 0.1) is 47.6 Å². The molecule has 1 heterocycles. The van der Waals surface area contributed by atoms with Crippen molar-refractivity contribution in [2.45, 2.75) is 44.3 Å². The largest absolute Gasteiger partial charge is 0.396 e. The fourth-order valence-electron chi connectivity index (χ4n) is 5.24. The van der Waals surface area contributed by atoms with Crippen molar-refractivity contribution < 1.29 is 33.4 Å². The molecular weight excluding hydrogens is 422 g/mol. The van der Waals surface area contributed by atoms with Crippen molar-refractivity contribution in [1.29, 1.82) is 0 Å². The number of amides is 2. The maximum atomic E-state index is 14.4. The van der Waals surface area contributed by atoms with Gasteiger partial charge in [0.25, 0.3) is 0 Å². The van der Waals surface area contributed by atoms with Crippen molar-refractivity contribution in [3.8, 4) is 12.3 Å². The molecule has 170 valence electrons. The maximum Gasteiger partial charge on any atom is 0.238 e. The molecule has 32 heavy (non-hydrogen) atoms. The highest BCUT2D eigenvalue weighted by atomic mass is 19.1. The fraction of sp³-hybridized carbons (Fsp3) is 0.522. The van der Waals surface area contributed by atoms with Crippen LogP contribution in [-0.2, 0) is 14.4 Å². The summed E-state index contributed by atoms with van der Waals surface area (Å²) in [5, 5.41) is 25.3. The zero-order chi connectivity index (χ0) is 23.0. The van der Waals surface area contributed by atoms with E-state index in [-0.39, 0.29) is 18.0 Å². The van der Waals surface area contributed by atoms with Crippen LogP contribution < -0.4 is 4.90 Å². The molecule has 3 fully saturated rings. The van der Waals surface area contributed by atoms with E-state index >= 15 is 0 Å². The average molecular weight is 446 g/mol. The number of aliphatic hydroxyl groups excluding tert-OH is 2. The summed E-state index contributed by atoms with van der Waals surface area (Å²) in [6.45, 7) is 0.296. The molecule has 0 aromatic heterocycles. The number of hydrogen-bond donors (Lipinski definition) is 2. The minimum absolute atomic E-state index is 0.0906. The molecule has 1 aromatic carbocycles. The Balaban J connectivity index is 1.62. The summed E-state index contributed by atoms with van der Waals surface area (Å²) in [5.41, 5.74) is 0.211. The summed E-state index contributed by atoms with van der Waals surface area (Å²) in [6, 6.07) is 2.64. The van der Waals surface area contributed by atoms with Crippen LogP contribution in [0.25, 0.3) is 0 Å². The zero-order valence-corrected chi connectivity index (χ0v) is 17.3. The van der Waals surface area contributed by atoms with Crippen LogP contribution in [0.3, 0.4) is 0 Å². The predicted octanol–water partition coefficient (Wildman–Crippen LogP) is 2.01. The van der Waals surface area contributed by atoms with E-state index in [1.807, 2.05) is 0 Å². The Hall–Kier alpha value is -2.83. The Morgan fingerprint density at radius 2 is 1.94 bits per heavy atom. The normalized spacial score (nSPS) is 33.1. The van der Waals surface area contributed by atoms with Gasteiger partial charge in [0.05, 0.1) is 35.4 Å². The minimum atomic E-state index is -1.25. The summed E-state index contributed by atoms with van der Waals surface area (Å²) in [7, 11) is 0. The number of fused-ring (bicyclic) bond motifs is 3. The summed E-state index contributed by atoms with van der Waals surface area (Å²) < 4.78 is 27.7. The molecule has 0 unspecified atom stereocenters. The summed E-state index contributed by atoms with van der Waals surface area (Å²) in [6.07, 6.45) is 4.83. The van der Waals surface area contributed by atoms with E-state index in [0.29, 0.717) is 44.1 Å². The number of benzene rings is 1. The average Bonchev–Trinajstić information content (AvgIpc) is 3.01. The molecule has 2 amide bonds. The van der Waals surface area contributed by atoms with Gasteiger partial charge < -0.3 is 15.1 Å². The quantitative estimate of drug-likeness (QED) is 0.312. The van der Waals surface area contributed by atoms with Crippen molar-refractivity contribution in [1.82, 2.24) is 0 Å². The van der Waals surface area contributed by atoms with Gasteiger partial charge in [-0.2, -0.15) is 0 Å². The second kappa shape index (κ2) is 8.96. The van der Waals surface area contributed by atoms with Gasteiger partial charge in [0, 0.05) is 30.7 Å². The number of carbonyl (C=O) groups is 2. The number of unbranched alkanes of at least 4 members (excludes halogenated alkanes) is 1. The van der Waals surface area contributed by atoms with E-state index in [4.69, 9.17) is 11.3 Å². The third kappa shape index (κ3) is 3.78. The summed E-state index contributed by atoms with van der Waals surface area (Å²) in [5.74, 6) is -3.42. The van der Waals surface area contributed by atoms with Gasteiger partial charge in [-0.1, -0.05) is 5.16 Å². The highest BCUT2D eigenvalue weighted by Crippen LogP contribution is 2.50. The van der Waals surface area contributed by atoms with Crippen LogP contribution in [0.2, 0.25) is 0 Å². The lowest BCUT2D eigenvalue weighted by Crippen LogP contribution is -2.54. The zero-order valence-electron chi connectivity index (χ0n) is 17.3. The number of nitrogens with zero attached hydrogens (tertiary/aromatic N) is 2. The first-order valence-electron chi connectivity index (χ1n) is 10.7. The van der Waals surface area contributed by atoms with Crippen molar-refractivity contribution in [2.75, 3.05) is 11.5 Å². The molecule has 2 aliphatic carbocycles. The topological polar surface area (TPSA) is 99.4 Å². The third-order valence-electron chi connectivity index (χ3n) is 6.67. The number of imide groups is 1. The number of terminal acetylenes is 1. The van der Waals surface area contributed by atoms with E-state index < -0.39 is 53.4 Å². The highest BCUT2D eigenvalue weighted by molar-refractivity contribution is 6.22. The van der Waals surface area contributed by atoms with Gasteiger partial charge in [0.2, 0.25) is 11.8 Å². The number of hydrogen-bond acceptors (Lipinski definition) is 6. The fourth-order valence-corrected chi connectivity index (χ4v) is 5.24. The molecule has 1 aromatic rings. The Labute approximate surface area is 184 Å². The molecule has 3 aliphatic rings. The molecule has 1 aliphatic heterocycles. The van der Waals surface area contributed by atoms with Crippen molar-refractivity contribution in [3.63, 3.8) is 0 Å². The van der Waals surface area contributed by atoms with E-state index in [2.05, 4.69) is 11.1 Å². The Bertz CT molecular complexity index is 991. The molecule has 4 rings (SSSR count). The lowest BCUT2D eigenvalue weighted by atomic mass is 9.60. The van der Waals surface area contributed by atoms with Crippen LogP contribution in [0.1, 0.15) is 32.1 Å². The van der Waals surface area contributed by atoms with Gasteiger partial charge in [-0.05, 0) is 31.4 Å². The number of halogens is 2. The minimum Gasteiger partial charge on any atom is -0.396 e. The summed E-state index contributed by atoms with van der Waals surface area (Å²) >= 11 is 0. The van der Waals surface area contributed by atoms with Gasteiger partial charge in [-0.3, -0.25) is 9.59 Å². The summed E-state index contributed by atoms with van der Waals surface area (Å²) in [4.78, 5) is 32.4. The van der Waals surface area contributed by atoms with Crippen LogP contribution >= 0.6 is 0 Å². The van der Waals surface area contributed by atoms with Gasteiger partial charge in [-0.15, -0.1) is 12.3 Å². The SMILES string of the molecule is C#CCCCO/N=C1\C[C@@H](O)[C@@H](O)[C@@H]2[C@@H]3C(=O)N(c4ccc(F)cc4F)C(=O)[C@@H]3CC[C@@H]12. The lowest BCUT2D eigenvalue weighted by molar-refractivity contribution is -0.132. The highest BCUT2D eigenvalue weighted by Gasteiger charge is 2.60. The van der Waals surface area contributed by atoms with Crippen LogP contribution in [0.15, 0.2) is 23.4 Å². The van der Waals surface area contributed by atoms with Crippen molar-refractivity contribution >= 4 is 23.2 Å². The number of anilines is 1. The van der Waals surface area contributed by atoms with Crippen LogP contribution in [0.4, 0.5) is 14.5 Å².